The fraction of sp³-hybridized carbons (Fsp3) is 0.467. The van der Waals surface area contributed by atoms with Crippen molar-refractivity contribution in [3.63, 3.8) is 0 Å². The zero-order valence-corrected chi connectivity index (χ0v) is 13.4. The zero-order valence-electron chi connectivity index (χ0n) is 12.5. The molecule has 21 heavy (non-hydrogen) atoms. The fourth-order valence-corrected chi connectivity index (χ4v) is 2.69. The van der Waals surface area contributed by atoms with Crippen LogP contribution in [-0.2, 0) is 9.53 Å². The number of methoxy groups -OCH3 is 1. The molecule has 1 N–H and O–H groups in total. The summed E-state index contributed by atoms with van der Waals surface area (Å²) in [6.45, 7) is 5.01. The predicted octanol–water partition coefficient (Wildman–Crippen LogP) is 2.73. The van der Waals surface area contributed by atoms with Gasteiger partial charge >= 0.3 is 5.97 Å². The van der Waals surface area contributed by atoms with E-state index in [1.807, 2.05) is 13.8 Å². The molecule has 1 aromatic heterocycles. The van der Waals surface area contributed by atoms with Crippen LogP contribution in [0.15, 0.2) is 17.5 Å². The highest BCUT2D eigenvalue weighted by molar-refractivity contribution is 7.12. The van der Waals surface area contributed by atoms with Crippen molar-refractivity contribution in [2.45, 2.75) is 26.3 Å². The van der Waals surface area contributed by atoms with Crippen molar-refractivity contribution in [1.29, 1.82) is 0 Å². The van der Waals surface area contributed by atoms with Crippen LogP contribution in [0.5, 0.6) is 0 Å². The van der Waals surface area contributed by atoms with Crippen molar-refractivity contribution in [1.82, 2.24) is 4.90 Å². The molecular weight excluding hydrogens is 290 g/mol. The first-order chi connectivity index (χ1) is 10.0. The summed E-state index contributed by atoms with van der Waals surface area (Å²) < 4.78 is 5.06. The van der Waals surface area contributed by atoms with Gasteiger partial charge in [-0.15, -0.1) is 11.3 Å². The summed E-state index contributed by atoms with van der Waals surface area (Å²) in [5, 5.41) is 10.5. The summed E-state index contributed by atoms with van der Waals surface area (Å²) in [5.41, 5.74) is 0.637. The van der Waals surface area contributed by atoms with Crippen LogP contribution in [0.25, 0.3) is 6.08 Å². The summed E-state index contributed by atoms with van der Waals surface area (Å²) in [4.78, 5) is 25.6. The van der Waals surface area contributed by atoms with Gasteiger partial charge in [-0.05, 0) is 36.4 Å². The maximum Gasteiger partial charge on any atom is 0.328 e. The van der Waals surface area contributed by atoms with Gasteiger partial charge < -0.3 is 14.7 Å². The Morgan fingerprint density at radius 1 is 1.52 bits per heavy atom. The molecule has 6 heteroatoms. The molecule has 0 aliphatic carbocycles. The van der Waals surface area contributed by atoms with Gasteiger partial charge in [-0.1, -0.05) is 6.92 Å². The molecule has 0 radical (unpaired) electrons. The van der Waals surface area contributed by atoms with E-state index in [9.17, 15) is 9.59 Å². The van der Waals surface area contributed by atoms with Crippen LogP contribution >= 0.6 is 11.3 Å². The fourth-order valence-electron chi connectivity index (χ4n) is 1.85. The third-order valence-electron chi connectivity index (χ3n) is 3.22. The van der Waals surface area contributed by atoms with Gasteiger partial charge in [0.15, 0.2) is 0 Å². The van der Waals surface area contributed by atoms with E-state index >= 15 is 0 Å². The van der Waals surface area contributed by atoms with E-state index in [4.69, 9.17) is 9.84 Å². The zero-order chi connectivity index (χ0) is 15.8. The SMILES string of the molecule is CCC(C)N(CCOC)C(=O)c1sccc1C=CC(=O)O. The summed E-state index contributed by atoms with van der Waals surface area (Å²) in [7, 11) is 1.60. The van der Waals surface area contributed by atoms with Crippen LogP contribution in [-0.4, -0.2) is 48.2 Å². The first kappa shape index (κ1) is 17.4. The average Bonchev–Trinajstić information content (AvgIpc) is 2.93. The highest BCUT2D eigenvalue weighted by atomic mass is 32.1. The molecule has 0 spiro atoms. The summed E-state index contributed by atoms with van der Waals surface area (Å²) in [5.74, 6) is -1.11. The molecule has 0 saturated heterocycles. The number of carboxylic acids is 1. The van der Waals surface area contributed by atoms with Gasteiger partial charge in [0.25, 0.3) is 5.91 Å². The lowest BCUT2D eigenvalue weighted by atomic mass is 10.1. The minimum Gasteiger partial charge on any atom is -0.478 e. The number of rotatable bonds is 8. The Labute approximate surface area is 128 Å². The standard InChI is InChI=1S/C15H21NO4S/c1-4-11(2)16(8-9-20-3)15(19)14-12(7-10-21-14)5-6-13(17)18/h5-7,10-11H,4,8-9H2,1-3H3,(H,17,18). The maximum absolute atomic E-state index is 12.7. The van der Waals surface area contributed by atoms with E-state index in [1.54, 1.807) is 23.5 Å². The number of carbonyl (C=O) groups excluding carboxylic acids is 1. The number of carbonyl (C=O) groups is 2. The highest BCUT2D eigenvalue weighted by Crippen LogP contribution is 2.22. The van der Waals surface area contributed by atoms with Gasteiger partial charge in [0.2, 0.25) is 0 Å². The lowest BCUT2D eigenvalue weighted by Crippen LogP contribution is -2.40. The molecule has 0 aliphatic rings. The third kappa shape index (κ3) is 4.99. The van der Waals surface area contributed by atoms with Gasteiger partial charge in [-0.3, -0.25) is 4.79 Å². The van der Waals surface area contributed by atoms with E-state index in [0.29, 0.717) is 23.6 Å². The summed E-state index contributed by atoms with van der Waals surface area (Å²) >= 11 is 1.32. The van der Waals surface area contributed by atoms with Crippen molar-refractivity contribution >= 4 is 29.3 Å². The van der Waals surface area contributed by atoms with Crippen LogP contribution in [0, 0.1) is 0 Å². The Balaban J connectivity index is 2.98. The second-order valence-electron chi connectivity index (χ2n) is 4.63. The minimum atomic E-state index is -1.03. The molecule has 0 aromatic carbocycles. The summed E-state index contributed by atoms with van der Waals surface area (Å²) in [6, 6.07) is 1.86. The Morgan fingerprint density at radius 2 is 2.24 bits per heavy atom. The molecule has 1 aromatic rings. The molecule has 0 aliphatic heterocycles. The Morgan fingerprint density at radius 3 is 2.81 bits per heavy atom. The normalized spacial score (nSPS) is 12.5. The van der Waals surface area contributed by atoms with Gasteiger partial charge in [0.05, 0.1) is 11.5 Å². The molecule has 1 atom stereocenters. The van der Waals surface area contributed by atoms with Crippen LogP contribution in [0.3, 0.4) is 0 Å². The minimum absolute atomic E-state index is 0.0820. The second kappa shape index (κ2) is 8.59. The molecule has 1 unspecified atom stereocenters. The molecule has 0 fully saturated rings. The highest BCUT2D eigenvalue weighted by Gasteiger charge is 2.22. The smallest absolute Gasteiger partial charge is 0.328 e. The first-order valence-electron chi connectivity index (χ1n) is 6.79. The van der Waals surface area contributed by atoms with Crippen LogP contribution in [0.2, 0.25) is 0 Å². The topological polar surface area (TPSA) is 66.8 Å². The lowest BCUT2D eigenvalue weighted by Gasteiger charge is -2.28. The Bertz CT molecular complexity index is 510. The van der Waals surface area contributed by atoms with Gasteiger partial charge in [0.1, 0.15) is 0 Å². The number of nitrogens with zero attached hydrogens (tertiary/aromatic N) is 1. The molecule has 1 rings (SSSR count). The van der Waals surface area contributed by atoms with E-state index < -0.39 is 5.97 Å². The van der Waals surface area contributed by atoms with Gasteiger partial charge in [0, 0.05) is 25.8 Å². The number of aliphatic carboxylic acids is 1. The van der Waals surface area contributed by atoms with Crippen LogP contribution in [0.1, 0.15) is 35.5 Å². The Kier molecular flexibility index (Phi) is 7.11. The number of ether oxygens (including phenoxy) is 1. The number of thiophene rings is 1. The number of carboxylic acid groups (broad SMARTS) is 1. The molecule has 5 nitrogen and oxygen atoms in total. The van der Waals surface area contributed by atoms with Gasteiger partial charge in [-0.25, -0.2) is 4.79 Å². The summed E-state index contributed by atoms with van der Waals surface area (Å²) in [6.07, 6.45) is 3.35. The Hall–Kier alpha value is -1.66. The first-order valence-corrected chi connectivity index (χ1v) is 7.67. The average molecular weight is 311 g/mol. The predicted molar refractivity (Wildman–Crippen MR) is 83.7 cm³/mol. The quantitative estimate of drug-likeness (QED) is 0.750. The maximum atomic E-state index is 12.7. The van der Waals surface area contributed by atoms with E-state index in [-0.39, 0.29) is 11.9 Å². The van der Waals surface area contributed by atoms with Crippen molar-refractivity contribution < 1.29 is 19.4 Å². The molecular formula is C15H21NO4S. The van der Waals surface area contributed by atoms with Crippen molar-refractivity contribution in [2.24, 2.45) is 0 Å². The van der Waals surface area contributed by atoms with Crippen molar-refractivity contribution in [3.05, 3.63) is 28.0 Å². The lowest BCUT2D eigenvalue weighted by molar-refractivity contribution is -0.131. The number of hydrogen-bond donors (Lipinski definition) is 1. The van der Waals surface area contributed by atoms with Gasteiger partial charge in [-0.2, -0.15) is 0 Å². The third-order valence-corrected chi connectivity index (χ3v) is 4.13. The molecule has 1 heterocycles. The van der Waals surface area contributed by atoms with Crippen LogP contribution < -0.4 is 0 Å². The van der Waals surface area contributed by atoms with E-state index in [0.717, 1.165) is 12.5 Å². The monoisotopic (exact) mass is 311 g/mol. The van der Waals surface area contributed by atoms with Crippen LogP contribution in [0.4, 0.5) is 0 Å². The molecule has 0 saturated carbocycles. The van der Waals surface area contributed by atoms with E-state index in [1.165, 1.54) is 17.4 Å². The molecule has 0 bridgehead atoms. The largest absolute Gasteiger partial charge is 0.478 e. The van der Waals surface area contributed by atoms with E-state index in [2.05, 4.69) is 0 Å². The number of hydrogen-bond acceptors (Lipinski definition) is 4. The van der Waals surface area contributed by atoms with Crippen molar-refractivity contribution in [2.75, 3.05) is 20.3 Å². The molecule has 1 amide bonds. The number of amides is 1. The van der Waals surface area contributed by atoms with Crippen molar-refractivity contribution in [3.8, 4) is 0 Å². The second-order valence-corrected chi connectivity index (χ2v) is 5.54. The molecule has 116 valence electrons.